The number of morpholine rings is 1. The summed E-state index contributed by atoms with van der Waals surface area (Å²) in [6.07, 6.45) is 1.51. The molecule has 0 saturated carbocycles. The third kappa shape index (κ3) is 5.01. The van der Waals surface area contributed by atoms with Crippen molar-refractivity contribution in [2.45, 2.75) is 13.8 Å². The molecular weight excluding hydrogens is 308 g/mol. The monoisotopic (exact) mass is 334 g/mol. The van der Waals surface area contributed by atoms with E-state index in [1.807, 2.05) is 13.8 Å². The molecule has 132 valence electrons. The standard InChI is InChI=1S/C17H26N4O3/c1-3-21(4-2)17(23)14-5-6-18-15(13-14)16(22)19-7-8-20-9-11-24-12-10-20/h5-6,13H,3-4,7-12H2,1-2H3,(H,19,22). The highest BCUT2D eigenvalue weighted by Crippen LogP contribution is 2.06. The largest absolute Gasteiger partial charge is 0.379 e. The van der Waals surface area contributed by atoms with E-state index in [0.717, 1.165) is 32.8 Å². The Bertz CT molecular complexity index is 555. The van der Waals surface area contributed by atoms with Crippen LogP contribution in [0, 0.1) is 0 Å². The highest BCUT2D eigenvalue weighted by molar-refractivity contribution is 5.98. The Balaban J connectivity index is 1.89. The van der Waals surface area contributed by atoms with Crippen molar-refractivity contribution in [1.82, 2.24) is 20.1 Å². The first kappa shape index (κ1) is 18.4. The van der Waals surface area contributed by atoms with E-state index >= 15 is 0 Å². The first-order valence-corrected chi connectivity index (χ1v) is 8.49. The highest BCUT2D eigenvalue weighted by Gasteiger charge is 2.16. The molecule has 0 bridgehead atoms. The number of hydrogen-bond acceptors (Lipinski definition) is 5. The minimum atomic E-state index is -0.252. The summed E-state index contributed by atoms with van der Waals surface area (Å²) in [6.45, 7) is 9.74. The van der Waals surface area contributed by atoms with Gasteiger partial charge in [-0.25, -0.2) is 0 Å². The molecule has 2 heterocycles. The summed E-state index contributed by atoms with van der Waals surface area (Å²) in [5.74, 6) is -0.331. The molecule has 7 nitrogen and oxygen atoms in total. The number of hydrogen-bond donors (Lipinski definition) is 1. The Labute approximate surface area is 143 Å². The minimum Gasteiger partial charge on any atom is -0.379 e. The van der Waals surface area contributed by atoms with Crippen LogP contribution in [0.3, 0.4) is 0 Å². The summed E-state index contributed by atoms with van der Waals surface area (Å²) in [5, 5.41) is 2.86. The van der Waals surface area contributed by atoms with E-state index < -0.39 is 0 Å². The molecule has 1 aromatic heterocycles. The van der Waals surface area contributed by atoms with Gasteiger partial charge in [0.05, 0.1) is 13.2 Å². The maximum atomic E-state index is 12.4. The molecule has 0 unspecified atom stereocenters. The number of rotatable bonds is 7. The second-order valence-electron chi connectivity index (χ2n) is 5.62. The number of carbonyl (C=O) groups excluding carboxylic acids is 2. The number of ether oxygens (including phenoxy) is 1. The van der Waals surface area contributed by atoms with Crippen LogP contribution >= 0.6 is 0 Å². The fourth-order valence-electron chi connectivity index (χ4n) is 2.62. The van der Waals surface area contributed by atoms with Crippen LogP contribution in [-0.4, -0.2) is 79.1 Å². The van der Waals surface area contributed by atoms with Gasteiger partial charge < -0.3 is 15.0 Å². The normalized spacial score (nSPS) is 15.1. The van der Waals surface area contributed by atoms with Crippen molar-refractivity contribution in [1.29, 1.82) is 0 Å². The smallest absolute Gasteiger partial charge is 0.269 e. The Kier molecular flexibility index (Phi) is 7.14. The van der Waals surface area contributed by atoms with Crippen LogP contribution in [-0.2, 0) is 4.74 Å². The minimum absolute atomic E-state index is 0.0789. The van der Waals surface area contributed by atoms with Gasteiger partial charge in [0.1, 0.15) is 5.69 Å². The van der Waals surface area contributed by atoms with Crippen LogP contribution in [0.2, 0.25) is 0 Å². The van der Waals surface area contributed by atoms with E-state index in [9.17, 15) is 9.59 Å². The summed E-state index contributed by atoms with van der Waals surface area (Å²) < 4.78 is 5.29. The Morgan fingerprint density at radius 3 is 2.67 bits per heavy atom. The Morgan fingerprint density at radius 2 is 2.00 bits per heavy atom. The number of pyridine rings is 1. The molecule has 0 aliphatic carbocycles. The average Bonchev–Trinajstić information content (AvgIpc) is 2.63. The van der Waals surface area contributed by atoms with E-state index in [4.69, 9.17) is 4.74 Å². The zero-order valence-corrected chi connectivity index (χ0v) is 14.5. The fraction of sp³-hybridized carbons (Fsp3) is 0.588. The SMILES string of the molecule is CCN(CC)C(=O)c1ccnc(C(=O)NCCN2CCOCC2)c1. The quantitative estimate of drug-likeness (QED) is 0.791. The van der Waals surface area contributed by atoms with Gasteiger partial charge in [0.25, 0.3) is 11.8 Å². The lowest BCUT2D eigenvalue weighted by Gasteiger charge is -2.26. The predicted molar refractivity (Wildman–Crippen MR) is 91.1 cm³/mol. The van der Waals surface area contributed by atoms with Crippen LogP contribution < -0.4 is 5.32 Å². The molecule has 2 amide bonds. The van der Waals surface area contributed by atoms with Gasteiger partial charge in [0.2, 0.25) is 0 Å². The van der Waals surface area contributed by atoms with E-state index in [-0.39, 0.29) is 17.5 Å². The number of aromatic nitrogens is 1. The Hall–Kier alpha value is -1.99. The predicted octanol–water partition coefficient (Wildman–Crippen LogP) is 0.626. The maximum absolute atomic E-state index is 12.4. The molecular formula is C17H26N4O3. The molecule has 1 aromatic rings. The van der Waals surface area contributed by atoms with Crippen molar-refractivity contribution in [3.63, 3.8) is 0 Å². The molecule has 24 heavy (non-hydrogen) atoms. The molecule has 1 fully saturated rings. The van der Waals surface area contributed by atoms with Crippen molar-refractivity contribution >= 4 is 11.8 Å². The highest BCUT2D eigenvalue weighted by atomic mass is 16.5. The zero-order chi connectivity index (χ0) is 17.4. The van der Waals surface area contributed by atoms with Gasteiger partial charge in [-0.3, -0.25) is 19.5 Å². The van der Waals surface area contributed by atoms with Crippen LogP contribution in [0.5, 0.6) is 0 Å². The summed E-state index contributed by atoms with van der Waals surface area (Å²) >= 11 is 0. The lowest BCUT2D eigenvalue weighted by molar-refractivity contribution is 0.0383. The van der Waals surface area contributed by atoms with Gasteiger partial charge in [-0.05, 0) is 26.0 Å². The van der Waals surface area contributed by atoms with E-state index in [0.29, 0.717) is 25.2 Å². The molecule has 0 atom stereocenters. The molecule has 1 N–H and O–H groups in total. The lowest BCUT2D eigenvalue weighted by Crippen LogP contribution is -2.41. The molecule has 0 aromatic carbocycles. The molecule has 0 spiro atoms. The van der Waals surface area contributed by atoms with Gasteiger partial charge in [-0.2, -0.15) is 0 Å². The van der Waals surface area contributed by atoms with Gasteiger partial charge in [-0.1, -0.05) is 0 Å². The van der Waals surface area contributed by atoms with Gasteiger partial charge in [-0.15, -0.1) is 0 Å². The van der Waals surface area contributed by atoms with E-state index in [2.05, 4.69) is 15.2 Å². The van der Waals surface area contributed by atoms with Gasteiger partial charge in [0, 0.05) is 51.0 Å². The number of carbonyl (C=O) groups is 2. The van der Waals surface area contributed by atoms with Crippen LogP contribution in [0.1, 0.15) is 34.7 Å². The van der Waals surface area contributed by atoms with E-state index in [1.54, 1.807) is 17.0 Å². The third-order valence-electron chi connectivity index (χ3n) is 4.11. The summed E-state index contributed by atoms with van der Waals surface area (Å²) in [7, 11) is 0. The Morgan fingerprint density at radius 1 is 1.29 bits per heavy atom. The molecule has 1 aliphatic rings. The van der Waals surface area contributed by atoms with Crippen molar-refractivity contribution in [2.24, 2.45) is 0 Å². The summed E-state index contributed by atoms with van der Waals surface area (Å²) in [4.78, 5) is 32.6. The molecule has 1 saturated heterocycles. The lowest BCUT2D eigenvalue weighted by atomic mass is 10.2. The van der Waals surface area contributed by atoms with Crippen molar-refractivity contribution < 1.29 is 14.3 Å². The van der Waals surface area contributed by atoms with Crippen LogP contribution in [0.15, 0.2) is 18.3 Å². The van der Waals surface area contributed by atoms with Crippen molar-refractivity contribution in [3.05, 3.63) is 29.6 Å². The molecule has 1 aliphatic heterocycles. The third-order valence-corrected chi connectivity index (χ3v) is 4.11. The zero-order valence-electron chi connectivity index (χ0n) is 14.5. The number of nitrogens with one attached hydrogen (secondary N) is 1. The van der Waals surface area contributed by atoms with Gasteiger partial charge in [0.15, 0.2) is 0 Å². The average molecular weight is 334 g/mol. The summed E-state index contributed by atoms with van der Waals surface area (Å²) in [5.41, 5.74) is 0.766. The van der Waals surface area contributed by atoms with Gasteiger partial charge >= 0.3 is 0 Å². The maximum Gasteiger partial charge on any atom is 0.269 e. The fourth-order valence-corrected chi connectivity index (χ4v) is 2.62. The number of amides is 2. The van der Waals surface area contributed by atoms with Crippen molar-refractivity contribution in [3.8, 4) is 0 Å². The molecule has 7 heteroatoms. The molecule has 2 rings (SSSR count). The second kappa shape index (κ2) is 9.34. The van der Waals surface area contributed by atoms with Crippen molar-refractivity contribution in [2.75, 3.05) is 52.5 Å². The van der Waals surface area contributed by atoms with E-state index in [1.165, 1.54) is 6.20 Å². The van der Waals surface area contributed by atoms with Crippen LogP contribution in [0.25, 0.3) is 0 Å². The summed E-state index contributed by atoms with van der Waals surface area (Å²) in [6, 6.07) is 3.20. The second-order valence-corrected chi connectivity index (χ2v) is 5.62. The van der Waals surface area contributed by atoms with Crippen LogP contribution in [0.4, 0.5) is 0 Å². The first-order valence-electron chi connectivity index (χ1n) is 8.49. The first-order chi connectivity index (χ1) is 11.7. The topological polar surface area (TPSA) is 74.8 Å². The number of nitrogens with zero attached hydrogens (tertiary/aromatic N) is 3. The molecule has 0 radical (unpaired) electrons.